The third-order valence-electron chi connectivity index (χ3n) is 3.20. The van der Waals surface area contributed by atoms with Crippen LogP contribution in [0.5, 0.6) is 0 Å². The molecule has 1 saturated heterocycles. The van der Waals surface area contributed by atoms with Crippen molar-refractivity contribution in [1.82, 2.24) is 14.7 Å². The first kappa shape index (κ1) is 11.7. The Kier molecular flexibility index (Phi) is 2.64. The van der Waals surface area contributed by atoms with Crippen LogP contribution in [0.25, 0.3) is 5.65 Å². The van der Waals surface area contributed by atoms with Gasteiger partial charge in [-0.15, -0.1) is 0 Å². The van der Waals surface area contributed by atoms with Crippen LogP contribution >= 0.6 is 0 Å². The lowest BCUT2D eigenvalue weighted by Crippen LogP contribution is -2.39. The predicted molar refractivity (Wildman–Crippen MR) is 69.3 cm³/mol. The fourth-order valence-corrected chi connectivity index (χ4v) is 3.66. The van der Waals surface area contributed by atoms with Gasteiger partial charge in [0.1, 0.15) is 5.65 Å². The largest absolute Gasteiger partial charge is 0.307 e. The van der Waals surface area contributed by atoms with Gasteiger partial charge in [0.05, 0.1) is 23.2 Å². The molecule has 5 nitrogen and oxygen atoms in total. The molecule has 1 N–H and O–H groups in total. The molecule has 3 rings (SSSR count). The summed E-state index contributed by atoms with van der Waals surface area (Å²) in [4.78, 5) is 4.48. The molecule has 0 bridgehead atoms. The van der Waals surface area contributed by atoms with Gasteiger partial charge in [-0.3, -0.25) is 0 Å². The fourth-order valence-electron chi connectivity index (χ4n) is 2.27. The number of rotatable bonds is 1. The first-order valence-electron chi connectivity index (χ1n) is 5.93. The monoisotopic (exact) mass is 265 g/mol. The van der Waals surface area contributed by atoms with E-state index >= 15 is 0 Å². The summed E-state index contributed by atoms with van der Waals surface area (Å²) < 4.78 is 25.2. The van der Waals surface area contributed by atoms with E-state index in [-0.39, 0.29) is 17.5 Å². The number of nitrogens with one attached hydrogen (secondary N) is 1. The van der Waals surface area contributed by atoms with Gasteiger partial charge in [0, 0.05) is 18.9 Å². The summed E-state index contributed by atoms with van der Waals surface area (Å²) in [5, 5.41) is 3.21. The molecular formula is C12H15N3O2S. The van der Waals surface area contributed by atoms with Crippen molar-refractivity contribution in [3.05, 3.63) is 35.8 Å². The first-order chi connectivity index (χ1) is 8.53. The van der Waals surface area contributed by atoms with E-state index in [1.807, 2.05) is 35.9 Å². The van der Waals surface area contributed by atoms with E-state index < -0.39 is 9.84 Å². The minimum atomic E-state index is -2.94. The van der Waals surface area contributed by atoms with Gasteiger partial charge in [-0.25, -0.2) is 13.4 Å². The number of sulfone groups is 1. The van der Waals surface area contributed by atoms with E-state index in [9.17, 15) is 8.42 Å². The van der Waals surface area contributed by atoms with Gasteiger partial charge in [-0.05, 0) is 18.6 Å². The van der Waals surface area contributed by atoms with Crippen LogP contribution < -0.4 is 5.32 Å². The quantitative estimate of drug-likeness (QED) is 0.824. The van der Waals surface area contributed by atoms with Crippen LogP contribution in [0.2, 0.25) is 0 Å². The Labute approximate surface area is 106 Å². The van der Waals surface area contributed by atoms with Crippen molar-refractivity contribution < 1.29 is 8.42 Å². The van der Waals surface area contributed by atoms with E-state index in [0.29, 0.717) is 6.54 Å². The van der Waals surface area contributed by atoms with Gasteiger partial charge < -0.3 is 9.72 Å². The Morgan fingerprint density at radius 1 is 1.39 bits per heavy atom. The molecular weight excluding hydrogens is 250 g/mol. The Morgan fingerprint density at radius 3 is 3.00 bits per heavy atom. The van der Waals surface area contributed by atoms with Crippen molar-refractivity contribution in [3.63, 3.8) is 0 Å². The van der Waals surface area contributed by atoms with Crippen LogP contribution in [0.15, 0.2) is 24.5 Å². The minimum Gasteiger partial charge on any atom is -0.307 e. The van der Waals surface area contributed by atoms with E-state index in [1.165, 1.54) is 0 Å². The zero-order valence-corrected chi connectivity index (χ0v) is 10.9. The molecule has 2 aromatic heterocycles. The number of pyridine rings is 1. The van der Waals surface area contributed by atoms with Crippen molar-refractivity contribution in [2.24, 2.45) is 0 Å². The van der Waals surface area contributed by atoms with Crippen molar-refractivity contribution in [2.45, 2.75) is 13.0 Å². The molecule has 0 aromatic carbocycles. The van der Waals surface area contributed by atoms with Crippen molar-refractivity contribution >= 4 is 15.5 Å². The van der Waals surface area contributed by atoms with Crippen LogP contribution in [-0.2, 0) is 9.84 Å². The second-order valence-electron chi connectivity index (χ2n) is 4.76. The lowest BCUT2D eigenvalue weighted by Gasteiger charge is -2.21. The molecule has 1 fully saturated rings. The summed E-state index contributed by atoms with van der Waals surface area (Å²) in [6.45, 7) is 2.52. The maximum atomic E-state index is 11.6. The van der Waals surface area contributed by atoms with Crippen LogP contribution in [0.1, 0.15) is 17.3 Å². The van der Waals surface area contributed by atoms with Gasteiger partial charge >= 0.3 is 0 Å². The number of fused-ring (bicyclic) bond motifs is 1. The summed E-state index contributed by atoms with van der Waals surface area (Å²) in [7, 11) is -2.94. The zero-order chi connectivity index (χ0) is 12.8. The maximum absolute atomic E-state index is 11.6. The van der Waals surface area contributed by atoms with Crippen molar-refractivity contribution in [1.29, 1.82) is 0 Å². The zero-order valence-electron chi connectivity index (χ0n) is 10.1. The third kappa shape index (κ3) is 2.13. The van der Waals surface area contributed by atoms with E-state index in [0.717, 1.165) is 16.9 Å². The Hall–Kier alpha value is -1.40. The molecule has 3 heterocycles. The molecule has 1 unspecified atom stereocenters. The van der Waals surface area contributed by atoms with Crippen LogP contribution in [0.4, 0.5) is 0 Å². The molecule has 0 amide bonds. The number of imidazole rings is 1. The minimum absolute atomic E-state index is 0.135. The van der Waals surface area contributed by atoms with Gasteiger partial charge in [0.25, 0.3) is 0 Å². The standard InChI is InChI=1S/C12H15N3O2S/c1-9-2-3-12-14-10(7-15(12)6-9)11-8-18(16,17)5-4-13-11/h2-3,6-7,11,13H,4-5,8H2,1H3. The number of aromatic nitrogens is 2. The predicted octanol–water partition coefficient (Wildman–Crippen LogP) is 0.702. The van der Waals surface area contributed by atoms with E-state index in [2.05, 4.69) is 10.3 Å². The lowest BCUT2D eigenvalue weighted by atomic mass is 10.2. The molecule has 2 aromatic rings. The maximum Gasteiger partial charge on any atom is 0.153 e. The normalized spacial score (nSPS) is 23.3. The molecule has 0 saturated carbocycles. The smallest absolute Gasteiger partial charge is 0.153 e. The molecule has 0 radical (unpaired) electrons. The van der Waals surface area contributed by atoms with E-state index in [1.54, 1.807) is 0 Å². The van der Waals surface area contributed by atoms with Crippen LogP contribution in [-0.4, -0.2) is 35.9 Å². The van der Waals surface area contributed by atoms with Gasteiger partial charge in [0.2, 0.25) is 0 Å². The molecule has 0 spiro atoms. The number of nitrogens with zero attached hydrogens (tertiary/aromatic N) is 2. The Bertz CT molecular complexity index is 690. The van der Waals surface area contributed by atoms with Gasteiger partial charge in [-0.2, -0.15) is 0 Å². The molecule has 1 aliphatic rings. The number of aryl methyl sites for hydroxylation is 1. The second kappa shape index (κ2) is 4.07. The summed E-state index contributed by atoms with van der Waals surface area (Å²) in [6, 6.07) is 3.75. The highest BCUT2D eigenvalue weighted by Gasteiger charge is 2.27. The Morgan fingerprint density at radius 2 is 2.22 bits per heavy atom. The number of hydrogen-bond acceptors (Lipinski definition) is 4. The van der Waals surface area contributed by atoms with Gasteiger partial charge in [0.15, 0.2) is 9.84 Å². The molecule has 1 atom stereocenters. The van der Waals surface area contributed by atoms with Crippen LogP contribution in [0.3, 0.4) is 0 Å². The fraction of sp³-hybridized carbons (Fsp3) is 0.417. The summed E-state index contributed by atoms with van der Waals surface area (Å²) in [6.07, 6.45) is 3.89. The average Bonchev–Trinajstić information content (AvgIpc) is 2.70. The SMILES string of the molecule is Cc1ccc2nc(C3CS(=O)(=O)CCN3)cn2c1. The van der Waals surface area contributed by atoms with Crippen LogP contribution in [0, 0.1) is 6.92 Å². The topological polar surface area (TPSA) is 63.5 Å². The van der Waals surface area contributed by atoms with Crippen molar-refractivity contribution in [2.75, 3.05) is 18.1 Å². The van der Waals surface area contributed by atoms with Crippen molar-refractivity contribution in [3.8, 4) is 0 Å². The molecule has 96 valence electrons. The summed E-state index contributed by atoms with van der Waals surface area (Å²) in [5.74, 6) is 0.353. The number of hydrogen-bond donors (Lipinski definition) is 1. The summed E-state index contributed by atoms with van der Waals surface area (Å²) in [5.41, 5.74) is 2.79. The molecule has 6 heteroatoms. The molecule has 18 heavy (non-hydrogen) atoms. The van der Waals surface area contributed by atoms with Gasteiger partial charge in [-0.1, -0.05) is 6.07 Å². The highest BCUT2D eigenvalue weighted by Crippen LogP contribution is 2.19. The third-order valence-corrected chi connectivity index (χ3v) is 4.87. The first-order valence-corrected chi connectivity index (χ1v) is 7.75. The highest BCUT2D eigenvalue weighted by molar-refractivity contribution is 7.91. The molecule has 0 aliphatic carbocycles. The highest BCUT2D eigenvalue weighted by atomic mass is 32.2. The molecule has 1 aliphatic heterocycles. The second-order valence-corrected chi connectivity index (χ2v) is 6.99. The van der Waals surface area contributed by atoms with E-state index in [4.69, 9.17) is 0 Å². The Balaban J connectivity index is 1.99. The average molecular weight is 265 g/mol. The lowest BCUT2D eigenvalue weighted by molar-refractivity contribution is 0.525. The summed E-state index contributed by atoms with van der Waals surface area (Å²) >= 11 is 0.